The van der Waals surface area contributed by atoms with Crippen LogP contribution in [0, 0.1) is 29.1 Å². The molecule has 4 saturated carbocycles. The third-order valence-electron chi connectivity index (χ3n) is 13.9. The molecule has 322 valence electrons. The van der Waals surface area contributed by atoms with E-state index in [-0.39, 0.29) is 18.9 Å². The van der Waals surface area contributed by atoms with E-state index in [9.17, 15) is 30.6 Å². The number of rotatable bonds is 31. The largest absolute Gasteiger partial charge is 0.394 e. The second-order valence-corrected chi connectivity index (χ2v) is 18.8. The highest BCUT2D eigenvalue weighted by molar-refractivity contribution is 5.02. The van der Waals surface area contributed by atoms with Gasteiger partial charge in [-0.3, -0.25) is 0 Å². The van der Waals surface area contributed by atoms with Gasteiger partial charge < -0.3 is 40.1 Å². The lowest BCUT2D eigenvalue weighted by molar-refractivity contribution is -0.303. The summed E-state index contributed by atoms with van der Waals surface area (Å²) in [4.78, 5) is 0. The van der Waals surface area contributed by atoms with Crippen molar-refractivity contribution in [2.45, 2.75) is 236 Å². The lowest BCUT2D eigenvalue weighted by Crippen LogP contribution is -2.59. The first-order chi connectivity index (χ1) is 26.6. The maximum absolute atomic E-state index is 15.3. The van der Waals surface area contributed by atoms with Crippen molar-refractivity contribution in [1.29, 1.82) is 0 Å². The maximum Gasteiger partial charge on any atom is 0.186 e. The Bertz CT molecular complexity index is 1000. The lowest BCUT2D eigenvalue weighted by Gasteiger charge is -2.57. The molecule has 8 atom stereocenters. The van der Waals surface area contributed by atoms with E-state index in [1.807, 2.05) is 0 Å². The third kappa shape index (κ3) is 16.1. The van der Waals surface area contributed by atoms with E-state index >= 15 is 4.39 Å². The van der Waals surface area contributed by atoms with Crippen LogP contribution in [0.25, 0.3) is 0 Å². The van der Waals surface area contributed by atoms with Crippen molar-refractivity contribution < 1.29 is 44.5 Å². The molecule has 6 N–H and O–H groups in total. The average molecular weight is 783 g/mol. The van der Waals surface area contributed by atoms with Gasteiger partial charge in [0, 0.05) is 5.92 Å². The SMILES string of the molecule is CCCCCCCCCCCCCC[C@@H](O)[C@@H](O)[C@@H](/C=C(/F)CCCCCCCCCCC12CC3CC(CC(C3)C1)C2)COC1OC(CO)C(O)C(O)C1O. The Morgan fingerprint density at radius 2 is 1.18 bits per heavy atom. The van der Waals surface area contributed by atoms with Gasteiger partial charge in [0.1, 0.15) is 24.4 Å². The molecule has 5 unspecified atom stereocenters. The summed E-state index contributed by atoms with van der Waals surface area (Å²) in [6, 6.07) is 0. The summed E-state index contributed by atoms with van der Waals surface area (Å²) in [5.74, 6) is 1.81. The molecule has 4 bridgehead atoms. The summed E-state index contributed by atoms with van der Waals surface area (Å²) in [7, 11) is 0. The zero-order valence-electron chi connectivity index (χ0n) is 34.7. The zero-order chi connectivity index (χ0) is 39.5. The molecule has 9 heteroatoms. The van der Waals surface area contributed by atoms with Gasteiger partial charge in [0.25, 0.3) is 0 Å². The second-order valence-electron chi connectivity index (χ2n) is 18.8. The lowest BCUT2D eigenvalue weighted by atomic mass is 9.48. The minimum Gasteiger partial charge on any atom is -0.394 e. The molecule has 0 amide bonds. The third-order valence-corrected chi connectivity index (χ3v) is 13.9. The molecule has 1 aliphatic heterocycles. The van der Waals surface area contributed by atoms with Crippen molar-refractivity contribution >= 4 is 0 Å². The molecule has 8 nitrogen and oxygen atoms in total. The fourth-order valence-corrected chi connectivity index (χ4v) is 11.1. The quantitative estimate of drug-likeness (QED) is 0.0383. The van der Waals surface area contributed by atoms with Crippen molar-refractivity contribution in [3.05, 3.63) is 11.9 Å². The summed E-state index contributed by atoms with van der Waals surface area (Å²) in [6.45, 7) is 1.36. The summed E-state index contributed by atoms with van der Waals surface area (Å²) in [5.41, 5.74) is 0.692. The van der Waals surface area contributed by atoms with Crippen LogP contribution in [0.4, 0.5) is 4.39 Å². The first kappa shape index (κ1) is 47.0. The van der Waals surface area contributed by atoms with Crippen molar-refractivity contribution in [2.24, 2.45) is 29.1 Å². The van der Waals surface area contributed by atoms with E-state index in [1.165, 1.54) is 141 Å². The summed E-state index contributed by atoms with van der Waals surface area (Å²) >= 11 is 0. The molecule has 1 heterocycles. The van der Waals surface area contributed by atoms with Gasteiger partial charge in [0.15, 0.2) is 6.29 Å². The van der Waals surface area contributed by atoms with E-state index in [2.05, 4.69) is 6.92 Å². The molecule has 4 aliphatic carbocycles. The first-order valence-corrected chi connectivity index (χ1v) is 23.3. The van der Waals surface area contributed by atoms with Gasteiger partial charge >= 0.3 is 0 Å². The van der Waals surface area contributed by atoms with E-state index < -0.39 is 55.4 Å². The molecule has 5 aliphatic rings. The minimum absolute atomic E-state index is 0.239. The first-order valence-electron chi connectivity index (χ1n) is 23.3. The Kier molecular flexibility index (Phi) is 22.0. The van der Waals surface area contributed by atoms with Crippen LogP contribution in [0.5, 0.6) is 0 Å². The van der Waals surface area contributed by atoms with Crippen LogP contribution in [0.2, 0.25) is 0 Å². The second kappa shape index (κ2) is 25.8. The predicted octanol–water partition coefficient (Wildman–Crippen LogP) is 9.20. The van der Waals surface area contributed by atoms with E-state index in [1.54, 1.807) is 0 Å². The molecular formula is C46H83FO8. The molecule has 5 fully saturated rings. The predicted molar refractivity (Wildman–Crippen MR) is 217 cm³/mol. The Morgan fingerprint density at radius 1 is 0.691 bits per heavy atom. The molecule has 0 spiro atoms. The van der Waals surface area contributed by atoms with Crippen LogP contribution in [0.3, 0.4) is 0 Å². The molecule has 0 radical (unpaired) electrons. The molecule has 0 aromatic heterocycles. The smallest absolute Gasteiger partial charge is 0.186 e. The summed E-state index contributed by atoms with van der Waals surface area (Å²) in [6.07, 6.45) is 26.3. The maximum atomic E-state index is 15.3. The Balaban J connectivity index is 1.12. The minimum atomic E-state index is -1.60. The van der Waals surface area contributed by atoms with Crippen LogP contribution < -0.4 is 0 Å². The number of unbranched alkanes of at least 4 members (excludes halogenated alkanes) is 18. The van der Waals surface area contributed by atoms with Gasteiger partial charge in [0.2, 0.25) is 0 Å². The monoisotopic (exact) mass is 783 g/mol. The molecule has 0 aromatic rings. The number of hydrogen-bond acceptors (Lipinski definition) is 8. The van der Waals surface area contributed by atoms with Gasteiger partial charge in [0.05, 0.1) is 31.2 Å². The number of halogens is 1. The van der Waals surface area contributed by atoms with Gasteiger partial charge in [-0.2, -0.15) is 0 Å². The van der Waals surface area contributed by atoms with Crippen LogP contribution in [0.15, 0.2) is 11.9 Å². The summed E-state index contributed by atoms with van der Waals surface area (Å²) in [5, 5.41) is 62.4. The van der Waals surface area contributed by atoms with Crippen molar-refractivity contribution in [1.82, 2.24) is 0 Å². The Labute approximate surface area is 334 Å². The van der Waals surface area contributed by atoms with Crippen LogP contribution in [-0.2, 0) is 9.47 Å². The highest BCUT2D eigenvalue weighted by Crippen LogP contribution is 2.61. The zero-order valence-corrected chi connectivity index (χ0v) is 34.7. The molecule has 0 aromatic carbocycles. The Morgan fingerprint density at radius 3 is 1.71 bits per heavy atom. The topological polar surface area (TPSA) is 140 Å². The van der Waals surface area contributed by atoms with Gasteiger partial charge in [-0.1, -0.05) is 129 Å². The number of aliphatic hydroxyl groups is 6. The highest BCUT2D eigenvalue weighted by Gasteiger charge is 2.50. The van der Waals surface area contributed by atoms with E-state index in [4.69, 9.17) is 9.47 Å². The number of allylic oxidation sites excluding steroid dienone is 1. The van der Waals surface area contributed by atoms with Crippen molar-refractivity contribution in [3.63, 3.8) is 0 Å². The van der Waals surface area contributed by atoms with E-state index in [0.29, 0.717) is 18.3 Å². The van der Waals surface area contributed by atoms with Crippen molar-refractivity contribution in [3.8, 4) is 0 Å². The summed E-state index contributed by atoms with van der Waals surface area (Å²) < 4.78 is 26.5. The normalized spacial score (nSPS) is 32.3. The molecule has 55 heavy (non-hydrogen) atoms. The number of ether oxygens (including phenoxy) is 2. The molecular weight excluding hydrogens is 699 g/mol. The van der Waals surface area contributed by atoms with Crippen LogP contribution in [0.1, 0.15) is 193 Å². The average Bonchev–Trinajstić information content (AvgIpc) is 3.16. The van der Waals surface area contributed by atoms with Crippen molar-refractivity contribution in [2.75, 3.05) is 13.2 Å². The molecule has 5 rings (SSSR count). The Hall–Kier alpha value is -0.650. The molecule has 1 saturated heterocycles. The van der Waals surface area contributed by atoms with Gasteiger partial charge in [-0.15, -0.1) is 0 Å². The van der Waals surface area contributed by atoms with E-state index in [0.717, 1.165) is 49.9 Å². The number of hydrogen-bond donors (Lipinski definition) is 6. The fourth-order valence-electron chi connectivity index (χ4n) is 11.1. The highest BCUT2D eigenvalue weighted by atomic mass is 19.1. The van der Waals surface area contributed by atoms with Crippen LogP contribution >= 0.6 is 0 Å². The van der Waals surface area contributed by atoms with Crippen LogP contribution in [-0.4, -0.2) is 86.8 Å². The van der Waals surface area contributed by atoms with Gasteiger partial charge in [-0.05, 0) is 93.5 Å². The van der Waals surface area contributed by atoms with Gasteiger partial charge in [-0.25, -0.2) is 4.39 Å². The fraction of sp³-hybridized carbons (Fsp3) is 0.957. The standard InChI is InChI=1S/C46H83FO8/c1-2-3-4-5-6-7-8-9-10-14-17-20-23-39(49)41(50)37(33-54-45-44(53)43(52)42(51)40(32-48)55-45)28-38(47)22-19-16-13-11-12-15-18-21-24-46-29-34-25-35(30-46)27-36(26-34)31-46/h28,34-37,39-45,48-53H,2-27,29-33H2,1H3/b38-28+/t34?,35?,36?,37-,39+,40?,41-,42?,43?,44?,45?,46?/m0/s1. The number of aliphatic hydroxyl groups excluding tert-OH is 6.